The van der Waals surface area contributed by atoms with Crippen LogP contribution in [-0.2, 0) is 6.42 Å². The van der Waals surface area contributed by atoms with Crippen molar-refractivity contribution in [2.45, 2.75) is 19.8 Å². The second-order valence-electron chi connectivity index (χ2n) is 5.65. The molecule has 124 valence electrons. The first kappa shape index (κ1) is 15.8. The number of hydrogen-bond acceptors (Lipinski definition) is 5. The minimum atomic E-state index is 0.660. The number of nitrogens with zero attached hydrogens (tertiary/aromatic N) is 5. The van der Waals surface area contributed by atoms with Gasteiger partial charge in [0.05, 0.1) is 6.20 Å². The van der Waals surface area contributed by atoms with E-state index in [0.29, 0.717) is 5.96 Å². The molecule has 2 aromatic rings. The van der Waals surface area contributed by atoms with Gasteiger partial charge in [0.15, 0.2) is 11.1 Å². The van der Waals surface area contributed by atoms with E-state index in [1.807, 2.05) is 24.7 Å². The maximum atomic E-state index is 6.13. The molecule has 0 spiro atoms. The third kappa shape index (κ3) is 4.01. The Morgan fingerprint density at radius 1 is 1.39 bits per heavy atom. The number of rotatable bonds is 5. The van der Waals surface area contributed by atoms with Gasteiger partial charge in [-0.15, -0.1) is 11.3 Å². The van der Waals surface area contributed by atoms with E-state index in [4.69, 9.17) is 5.73 Å². The standard InChI is InChI=1S/C15H23N7S/c1-12-13(11-19-20-12)3-2-4-17-14(16)21-6-8-22(9-7-21)15-18-5-10-23-15/h5,10-11H,2-4,6-9H2,1H3,(H2,16,17)(H,19,20). The van der Waals surface area contributed by atoms with Gasteiger partial charge in [-0.3, -0.25) is 10.1 Å². The Morgan fingerprint density at radius 2 is 2.22 bits per heavy atom. The predicted octanol–water partition coefficient (Wildman–Crippen LogP) is 1.24. The Hall–Kier alpha value is -2.09. The number of piperazine rings is 1. The summed E-state index contributed by atoms with van der Waals surface area (Å²) in [5.74, 6) is 0.660. The third-order valence-electron chi connectivity index (χ3n) is 4.11. The molecule has 8 heteroatoms. The summed E-state index contributed by atoms with van der Waals surface area (Å²) in [7, 11) is 0. The van der Waals surface area contributed by atoms with E-state index in [0.717, 1.165) is 56.4 Å². The first-order chi connectivity index (χ1) is 11.2. The van der Waals surface area contributed by atoms with E-state index >= 15 is 0 Å². The predicted molar refractivity (Wildman–Crippen MR) is 94.0 cm³/mol. The van der Waals surface area contributed by atoms with E-state index in [-0.39, 0.29) is 0 Å². The molecule has 0 unspecified atom stereocenters. The number of aromatic nitrogens is 3. The molecule has 0 saturated carbocycles. The van der Waals surface area contributed by atoms with Crippen LogP contribution in [0.1, 0.15) is 17.7 Å². The largest absolute Gasteiger partial charge is 0.370 e. The second kappa shape index (κ2) is 7.45. The van der Waals surface area contributed by atoms with Crippen LogP contribution in [0, 0.1) is 6.92 Å². The molecule has 0 aliphatic carbocycles. The SMILES string of the molecule is Cc1[nH]ncc1CCCN=C(N)N1CCN(c2nccs2)CC1. The fourth-order valence-electron chi connectivity index (χ4n) is 2.69. The molecule has 0 amide bonds. The highest BCUT2D eigenvalue weighted by molar-refractivity contribution is 7.13. The molecule has 3 N–H and O–H groups in total. The maximum absolute atomic E-state index is 6.13. The molecular weight excluding hydrogens is 310 g/mol. The number of nitrogens with two attached hydrogens (primary N) is 1. The summed E-state index contributed by atoms with van der Waals surface area (Å²) in [6.45, 7) is 6.48. The first-order valence-electron chi connectivity index (χ1n) is 7.92. The highest BCUT2D eigenvalue weighted by Gasteiger charge is 2.19. The Kier molecular flexibility index (Phi) is 5.12. The summed E-state index contributed by atoms with van der Waals surface area (Å²) in [5, 5.41) is 10.1. The zero-order valence-electron chi connectivity index (χ0n) is 13.4. The number of nitrogens with one attached hydrogen (secondary N) is 1. The van der Waals surface area contributed by atoms with E-state index < -0.39 is 0 Å². The quantitative estimate of drug-likeness (QED) is 0.488. The van der Waals surface area contributed by atoms with E-state index in [1.54, 1.807) is 11.3 Å². The number of anilines is 1. The lowest BCUT2D eigenvalue weighted by atomic mass is 10.1. The van der Waals surface area contributed by atoms with Crippen molar-refractivity contribution in [2.75, 3.05) is 37.6 Å². The van der Waals surface area contributed by atoms with Gasteiger partial charge in [-0.2, -0.15) is 5.10 Å². The average molecular weight is 333 g/mol. The van der Waals surface area contributed by atoms with Crippen LogP contribution in [0.3, 0.4) is 0 Å². The monoisotopic (exact) mass is 333 g/mol. The van der Waals surface area contributed by atoms with Crippen molar-refractivity contribution in [1.82, 2.24) is 20.1 Å². The molecule has 0 atom stereocenters. The number of guanidine groups is 1. The van der Waals surface area contributed by atoms with Crippen molar-refractivity contribution in [3.63, 3.8) is 0 Å². The van der Waals surface area contributed by atoms with Crippen LogP contribution >= 0.6 is 11.3 Å². The molecular formula is C15H23N7S. The van der Waals surface area contributed by atoms with Gasteiger partial charge in [0.2, 0.25) is 0 Å². The molecule has 1 saturated heterocycles. The van der Waals surface area contributed by atoms with Gasteiger partial charge in [0.1, 0.15) is 0 Å². The topological polar surface area (TPSA) is 86.4 Å². The molecule has 0 radical (unpaired) electrons. The number of aromatic amines is 1. The van der Waals surface area contributed by atoms with Gasteiger partial charge in [0.25, 0.3) is 0 Å². The Balaban J connectivity index is 1.42. The minimum absolute atomic E-state index is 0.660. The number of H-pyrrole nitrogens is 1. The first-order valence-corrected chi connectivity index (χ1v) is 8.80. The Bertz CT molecular complexity index is 626. The fraction of sp³-hybridized carbons (Fsp3) is 0.533. The van der Waals surface area contributed by atoms with Gasteiger partial charge in [0, 0.05) is 50.0 Å². The van der Waals surface area contributed by atoms with Crippen LogP contribution in [0.4, 0.5) is 5.13 Å². The van der Waals surface area contributed by atoms with Crippen molar-refractivity contribution in [1.29, 1.82) is 0 Å². The molecule has 3 heterocycles. The van der Waals surface area contributed by atoms with E-state index in [2.05, 4.69) is 30.0 Å². The smallest absolute Gasteiger partial charge is 0.191 e. The molecule has 2 aromatic heterocycles. The average Bonchev–Trinajstić information content (AvgIpc) is 3.23. The lowest BCUT2D eigenvalue weighted by Gasteiger charge is -2.35. The molecule has 1 aliphatic rings. The van der Waals surface area contributed by atoms with E-state index in [1.165, 1.54) is 5.56 Å². The zero-order chi connectivity index (χ0) is 16.1. The van der Waals surface area contributed by atoms with Gasteiger partial charge in [-0.1, -0.05) is 0 Å². The molecule has 1 fully saturated rings. The summed E-state index contributed by atoms with van der Waals surface area (Å²) in [6.07, 6.45) is 5.71. The van der Waals surface area contributed by atoms with Crippen molar-refractivity contribution in [2.24, 2.45) is 10.7 Å². The number of hydrogen-bond donors (Lipinski definition) is 2. The summed E-state index contributed by atoms with van der Waals surface area (Å²) in [5.41, 5.74) is 8.53. The summed E-state index contributed by atoms with van der Waals surface area (Å²) >= 11 is 1.68. The lowest BCUT2D eigenvalue weighted by Crippen LogP contribution is -2.51. The Morgan fingerprint density at radius 3 is 2.87 bits per heavy atom. The summed E-state index contributed by atoms with van der Waals surface area (Å²) in [4.78, 5) is 13.3. The highest BCUT2D eigenvalue weighted by atomic mass is 32.1. The zero-order valence-corrected chi connectivity index (χ0v) is 14.2. The van der Waals surface area contributed by atoms with Crippen molar-refractivity contribution >= 4 is 22.4 Å². The molecule has 0 bridgehead atoms. The van der Waals surface area contributed by atoms with Crippen molar-refractivity contribution in [3.8, 4) is 0 Å². The molecule has 7 nitrogen and oxygen atoms in total. The number of thiazole rings is 1. The minimum Gasteiger partial charge on any atom is -0.370 e. The van der Waals surface area contributed by atoms with Crippen molar-refractivity contribution in [3.05, 3.63) is 29.0 Å². The number of aryl methyl sites for hydroxylation is 2. The molecule has 23 heavy (non-hydrogen) atoms. The summed E-state index contributed by atoms with van der Waals surface area (Å²) in [6, 6.07) is 0. The lowest BCUT2D eigenvalue weighted by molar-refractivity contribution is 0.380. The summed E-state index contributed by atoms with van der Waals surface area (Å²) < 4.78 is 0. The molecule has 0 aromatic carbocycles. The van der Waals surface area contributed by atoms with Crippen LogP contribution in [0.2, 0.25) is 0 Å². The van der Waals surface area contributed by atoms with Crippen LogP contribution in [0.5, 0.6) is 0 Å². The van der Waals surface area contributed by atoms with E-state index in [9.17, 15) is 0 Å². The Labute approximate surface area is 140 Å². The van der Waals surface area contributed by atoms with Crippen LogP contribution in [-0.4, -0.2) is 58.8 Å². The molecule has 3 rings (SSSR count). The second-order valence-corrected chi connectivity index (χ2v) is 6.53. The molecule has 1 aliphatic heterocycles. The van der Waals surface area contributed by atoms with Crippen LogP contribution in [0.15, 0.2) is 22.8 Å². The van der Waals surface area contributed by atoms with Gasteiger partial charge >= 0.3 is 0 Å². The van der Waals surface area contributed by atoms with Crippen LogP contribution < -0.4 is 10.6 Å². The fourth-order valence-corrected chi connectivity index (χ4v) is 3.39. The van der Waals surface area contributed by atoms with Gasteiger partial charge < -0.3 is 15.5 Å². The number of aliphatic imine (C=N–C) groups is 1. The van der Waals surface area contributed by atoms with Gasteiger partial charge in [-0.25, -0.2) is 4.98 Å². The van der Waals surface area contributed by atoms with Crippen LogP contribution in [0.25, 0.3) is 0 Å². The maximum Gasteiger partial charge on any atom is 0.191 e. The van der Waals surface area contributed by atoms with Crippen molar-refractivity contribution < 1.29 is 0 Å². The third-order valence-corrected chi connectivity index (χ3v) is 4.94. The normalized spacial score (nSPS) is 16.1. The van der Waals surface area contributed by atoms with Gasteiger partial charge in [-0.05, 0) is 25.3 Å². The highest BCUT2D eigenvalue weighted by Crippen LogP contribution is 2.18.